The van der Waals surface area contributed by atoms with E-state index in [1.54, 1.807) is 0 Å². The lowest BCUT2D eigenvalue weighted by Gasteiger charge is -2.26. The second-order valence-electron chi connectivity index (χ2n) is 7.34. The lowest BCUT2D eigenvalue weighted by Crippen LogP contribution is -2.19. The molecule has 0 aromatic heterocycles. The Balaban J connectivity index is 1.71. The molecule has 2 heteroatoms. The summed E-state index contributed by atoms with van der Waals surface area (Å²) in [6, 6.07) is 34.5. The molecule has 4 aromatic rings. The third kappa shape index (κ3) is 3.86. The molecule has 0 amide bonds. The lowest BCUT2D eigenvalue weighted by atomic mass is 10.0. The van der Waals surface area contributed by atoms with E-state index in [1.165, 1.54) is 33.3 Å². The molecule has 0 saturated heterocycles. The summed E-state index contributed by atoms with van der Waals surface area (Å²) in [4.78, 5) is 4.69. The van der Waals surface area contributed by atoms with Gasteiger partial charge in [-0.25, -0.2) is 0 Å². The number of anilines is 2. The largest absolute Gasteiger partial charge is 0.370 e. The maximum atomic E-state index is 2.34. The Labute approximate surface area is 167 Å². The molecule has 4 aromatic carbocycles. The van der Waals surface area contributed by atoms with Crippen molar-refractivity contribution in [3.63, 3.8) is 0 Å². The SMILES string of the molecule is CN(Cc1ccccc1)c1cccc2cccc(N(C)Cc3ccccc3)c12. The highest BCUT2D eigenvalue weighted by Crippen LogP contribution is 2.35. The molecule has 0 atom stereocenters. The fourth-order valence-electron chi connectivity index (χ4n) is 3.82. The summed E-state index contributed by atoms with van der Waals surface area (Å²) in [6.07, 6.45) is 0. The first-order valence-corrected chi connectivity index (χ1v) is 9.74. The Morgan fingerprint density at radius 1 is 0.500 bits per heavy atom. The van der Waals surface area contributed by atoms with Crippen LogP contribution in [0.1, 0.15) is 11.1 Å². The smallest absolute Gasteiger partial charge is 0.0467 e. The number of nitrogens with zero attached hydrogens (tertiary/aromatic N) is 2. The summed E-state index contributed by atoms with van der Waals surface area (Å²) in [5.74, 6) is 0. The van der Waals surface area contributed by atoms with Gasteiger partial charge >= 0.3 is 0 Å². The van der Waals surface area contributed by atoms with Gasteiger partial charge in [-0.1, -0.05) is 84.9 Å². The van der Waals surface area contributed by atoms with Crippen molar-refractivity contribution in [2.75, 3.05) is 23.9 Å². The van der Waals surface area contributed by atoms with Crippen molar-refractivity contribution < 1.29 is 0 Å². The highest BCUT2D eigenvalue weighted by atomic mass is 15.1. The third-order valence-corrected chi connectivity index (χ3v) is 5.21. The Hall–Kier alpha value is -3.26. The van der Waals surface area contributed by atoms with E-state index in [4.69, 9.17) is 0 Å². The van der Waals surface area contributed by atoms with Crippen LogP contribution >= 0.6 is 0 Å². The van der Waals surface area contributed by atoms with Crippen molar-refractivity contribution in [1.29, 1.82) is 0 Å². The summed E-state index contributed by atoms with van der Waals surface area (Å²) in [5, 5.41) is 2.58. The van der Waals surface area contributed by atoms with Crippen LogP contribution in [0.25, 0.3) is 10.8 Å². The van der Waals surface area contributed by atoms with Crippen molar-refractivity contribution in [2.45, 2.75) is 13.1 Å². The van der Waals surface area contributed by atoms with Gasteiger partial charge in [-0.2, -0.15) is 0 Å². The third-order valence-electron chi connectivity index (χ3n) is 5.21. The summed E-state index contributed by atoms with van der Waals surface area (Å²) in [7, 11) is 4.35. The molecule has 0 radical (unpaired) electrons. The van der Waals surface area contributed by atoms with Crippen LogP contribution in [0.4, 0.5) is 11.4 Å². The highest BCUT2D eigenvalue weighted by Gasteiger charge is 2.13. The minimum Gasteiger partial charge on any atom is -0.370 e. The van der Waals surface area contributed by atoms with Crippen molar-refractivity contribution >= 4 is 22.1 Å². The Morgan fingerprint density at radius 2 is 0.929 bits per heavy atom. The normalized spacial score (nSPS) is 10.8. The molecule has 0 fully saturated rings. The monoisotopic (exact) mass is 366 g/mol. The Kier molecular flexibility index (Phi) is 5.29. The Bertz CT molecular complexity index is 959. The molecule has 0 aliphatic carbocycles. The quantitative estimate of drug-likeness (QED) is 0.406. The molecular weight excluding hydrogens is 340 g/mol. The van der Waals surface area contributed by atoms with Gasteiger partial charge in [-0.3, -0.25) is 0 Å². The molecule has 0 aliphatic heterocycles. The lowest BCUT2D eigenvalue weighted by molar-refractivity contribution is 0.917. The van der Waals surface area contributed by atoms with Crippen molar-refractivity contribution in [3.05, 3.63) is 108 Å². The van der Waals surface area contributed by atoms with Gasteiger partial charge in [-0.15, -0.1) is 0 Å². The minimum atomic E-state index is 0.886. The number of benzene rings is 4. The molecule has 0 N–H and O–H groups in total. The Morgan fingerprint density at radius 3 is 1.36 bits per heavy atom. The van der Waals surface area contributed by atoms with E-state index in [1.807, 2.05) is 0 Å². The molecule has 0 heterocycles. The fourth-order valence-corrected chi connectivity index (χ4v) is 3.82. The van der Waals surface area contributed by atoms with Gasteiger partial charge in [0.1, 0.15) is 0 Å². The zero-order valence-electron chi connectivity index (χ0n) is 16.5. The average Bonchev–Trinajstić information content (AvgIpc) is 2.74. The molecule has 0 bridgehead atoms. The van der Waals surface area contributed by atoms with E-state index < -0.39 is 0 Å². The molecule has 28 heavy (non-hydrogen) atoms. The first kappa shape index (κ1) is 18.1. The van der Waals surface area contributed by atoms with Gasteiger partial charge in [0.2, 0.25) is 0 Å². The zero-order chi connectivity index (χ0) is 19.3. The van der Waals surface area contributed by atoms with Gasteiger partial charge in [0.05, 0.1) is 0 Å². The number of hydrogen-bond acceptors (Lipinski definition) is 2. The van der Waals surface area contributed by atoms with Gasteiger partial charge in [0, 0.05) is 43.9 Å². The number of rotatable bonds is 6. The topological polar surface area (TPSA) is 6.48 Å². The van der Waals surface area contributed by atoms with E-state index in [2.05, 4.69) is 121 Å². The maximum absolute atomic E-state index is 2.34. The standard InChI is InChI=1S/C26H26N2/c1-27(19-21-11-5-3-6-12-21)24-17-9-15-23-16-10-18-25(26(23)24)28(2)20-22-13-7-4-8-14-22/h3-18H,19-20H2,1-2H3. The van der Waals surface area contributed by atoms with Crippen LogP contribution in [0, 0.1) is 0 Å². The molecule has 2 nitrogen and oxygen atoms in total. The summed E-state index contributed by atoms with van der Waals surface area (Å²) >= 11 is 0. The van der Waals surface area contributed by atoms with Crippen LogP contribution in [0.2, 0.25) is 0 Å². The van der Waals surface area contributed by atoms with Gasteiger partial charge < -0.3 is 9.80 Å². The predicted molar refractivity (Wildman–Crippen MR) is 121 cm³/mol. The molecular formula is C26H26N2. The van der Waals surface area contributed by atoms with Crippen LogP contribution in [-0.4, -0.2) is 14.1 Å². The highest BCUT2D eigenvalue weighted by molar-refractivity contribution is 6.03. The molecule has 0 unspecified atom stereocenters. The fraction of sp³-hybridized carbons (Fsp3) is 0.154. The summed E-state index contributed by atoms with van der Waals surface area (Å²) < 4.78 is 0. The van der Waals surface area contributed by atoms with E-state index in [9.17, 15) is 0 Å². The zero-order valence-corrected chi connectivity index (χ0v) is 16.5. The van der Waals surface area contributed by atoms with E-state index in [0.29, 0.717) is 0 Å². The number of fused-ring (bicyclic) bond motifs is 1. The molecule has 140 valence electrons. The van der Waals surface area contributed by atoms with Gasteiger partial charge in [0.25, 0.3) is 0 Å². The van der Waals surface area contributed by atoms with E-state index in [-0.39, 0.29) is 0 Å². The van der Waals surface area contributed by atoms with Crippen LogP contribution in [-0.2, 0) is 13.1 Å². The molecule has 0 spiro atoms. The summed E-state index contributed by atoms with van der Waals surface area (Å²) in [6.45, 7) is 1.77. The average molecular weight is 367 g/mol. The van der Waals surface area contributed by atoms with E-state index in [0.717, 1.165) is 13.1 Å². The second-order valence-corrected chi connectivity index (χ2v) is 7.34. The maximum Gasteiger partial charge on any atom is 0.0467 e. The molecule has 4 rings (SSSR count). The first-order chi connectivity index (χ1) is 13.7. The second kappa shape index (κ2) is 8.18. The predicted octanol–water partition coefficient (Wildman–Crippen LogP) is 6.11. The minimum absolute atomic E-state index is 0.886. The van der Waals surface area contributed by atoms with Crippen LogP contribution in [0.5, 0.6) is 0 Å². The van der Waals surface area contributed by atoms with Crippen LogP contribution in [0.15, 0.2) is 97.1 Å². The summed E-state index contributed by atoms with van der Waals surface area (Å²) in [5.41, 5.74) is 5.16. The van der Waals surface area contributed by atoms with Crippen LogP contribution in [0.3, 0.4) is 0 Å². The van der Waals surface area contributed by atoms with Crippen molar-refractivity contribution in [2.24, 2.45) is 0 Å². The molecule has 0 aliphatic rings. The molecule has 0 saturated carbocycles. The van der Waals surface area contributed by atoms with Crippen LogP contribution < -0.4 is 9.80 Å². The van der Waals surface area contributed by atoms with Crippen molar-refractivity contribution in [1.82, 2.24) is 0 Å². The van der Waals surface area contributed by atoms with Gasteiger partial charge in [-0.05, 0) is 28.6 Å². The van der Waals surface area contributed by atoms with Crippen molar-refractivity contribution in [3.8, 4) is 0 Å². The van der Waals surface area contributed by atoms with E-state index >= 15 is 0 Å². The number of hydrogen-bond donors (Lipinski definition) is 0. The first-order valence-electron chi connectivity index (χ1n) is 9.74. The van der Waals surface area contributed by atoms with Gasteiger partial charge in [0.15, 0.2) is 0 Å².